The molecule has 36 heavy (non-hydrogen) atoms. The Hall–Kier alpha value is -3.80. The molecule has 0 aliphatic carbocycles. The molecule has 0 saturated carbocycles. The first kappa shape index (κ1) is 25.3. The Kier molecular flexibility index (Phi) is 7.93. The van der Waals surface area contributed by atoms with E-state index in [9.17, 15) is 18.0 Å². The third-order valence-corrected chi connectivity index (χ3v) is 7.74. The van der Waals surface area contributed by atoms with Crippen LogP contribution < -0.4 is 15.4 Å². The standard InChI is InChI=1S/C24H20ClN5O4S2/c25-18-12-10-17(11-13-18)21(31)27-23-28-29-24(35-23)36(33,34)30-20-9-5-4-8-19(20)22(32)26-15-14-16-6-2-1-3-7-16/h1-13,30H,14-15H2,(H,26,32)(H,27,28,31). The number of amides is 2. The van der Waals surface area contributed by atoms with Gasteiger partial charge in [0.2, 0.25) is 5.13 Å². The molecule has 3 aromatic carbocycles. The van der Waals surface area contributed by atoms with Crippen molar-refractivity contribution in [1.29, 1.82) is 0 Å². The number of hydrogen-bond donors (Lipinski definition) is 3. The zero-order valence-corrected chi connectivity index (χ0v) is 21.0. The molecule has 184 valence electrons. The second kappa shape index (κ2) is 11.3. The highest BCUT2D eigenvalue weighted by Crippen LogP contribution is 2.25. The minimum absolute atomic E-state index is 0.00210. The van der Waals surface area contributed by atoms with Crippen LogP contribution in [0.4, 0.5) is 10.8 Å². The highest BCUT2D eigenvalue weighted by molar-refractivity contribution is 7.94. The van der Waals surface area contributed by atoms with Gasteiger partial charge in [0.1, 0.15) is 0 Å². The van der Waals surface area contributed by atoms with E-state index >= 15 is 0 Å². The lowest BCUT2D eigenvalue weighted by Crippen LogP contribution is -2.27. The topological polar surface area (TPSA) is 130 Å². The molecule has 0 atom stereocenters. The Morgan fingerprint density at radius 1 is 0.861 bits per heavy atom. The molecule has 0 aliphatic heterocycles. The first-order valence-electron chi connectivity index (χ1n) is 10.7. The molecule has 0 unspecified atom stereocenters. The molecule has 1 aromatic heterocycles. The number of nitrogens with zero attached hydrogens (tertiary/aromatic N) is 2. The van der Waals surface area contributed by atoms with Crippen molar-refractivity contribution in [2.45, 2.75) is 10.8 Å². The number of nitrogens with one attached hydrogen (secondary N) is 3. The Morgan fingerprint density at radius 3 is 2.31 bits per heavy atom. The van der Waals surface area contributed by atoms with E-state index in [4.69, 9.17) is 11.6 Å². The van der Waals surface area contributed by atoms with Crippen LogP contribution in [-0.2, 0) is 16.4 Å². The Labute approximate surface area is 216 Å². The molecule has 1 heterocycles. The number of carbonyl (C=O) groups excluding carboxylic acids is 2. The quantitative estimate of drug-likeness (QED) is 0.272. The van der Waals surface area contributed by atoms with Crippen LogP contribution in [0.5, 0.6) is 0 Å². The Morgan fingerprint density at radius 2 is 1.56 bits per heavy atom. The smallest absolute Gasteiger partial charge is 0.291 e. The fraction of sp³-hybridized carbons (Fsp3) is 0.0833. The molecule has 0 bridgehead atoms. The number of benzene rings is 3. The predicted octanol–water partition coefficient (Wildman–Crippen LogP) is 4.22. The Balaban J connectivity index is 1.42. The number of anilines is 2. The third kappa shape index (κ3) is 6.45. The maximum atomic E-state index is 12.9. The molecular formula is C24H20ClN5O4S2. The summed E-state index contributed by atoms with van der Waals surface area (Å²) in [7, 11) is -4.17. The first-order chi connectivity index (χ1) is 17.3. The lowest BCUT2D eigenvalue weighted by molar-refractivity contribution is 0.0954. The van der Waals surface area contributed by atoms with Gasteiger partial charge in [0.05, 0.1) is 11.3 Å². The van der Waals surface area contributed by atoms with E-state index in [1.807, 2.05) is 30.3 Å². The van der Waals surface area contributed by atoms with Gasteiger partial charge in [0.15, 0.2) is 0 Å². The van der Waals surface area contributed by atoms with E-state index < -0.39 is 21.8 Å². The lowest BCUT2D eigenvalue weighted by atomic mass is 10.1. The van der Waals surface area contributed by atoms with Gasteiger partial charge in [0, 0.05) is 17.1 Å². The van der Waals surface area contributed by atoms with Gasteiger partial charge < -0.3 is 5.32 Å². The number of rotatable bonds is 9. The minimum atomic E-state index is -4.17. The molecule has 0 fully saturated rings. The van der Waals surface area contributed by atoms with Gasteiger partial charge in [-0.1, -0.05) is 65.4 Å². The molecular weight excluding hydrogens is 522 g/mol. The van der Waals surface area contributed by atoms with Gasteiger partial charge >= 0.3 is 0 Å². The number of carbonyl (C=O) groups is 2. The fourth-order valence-electron chi connectivity index (χ4n) is 3.16. The number of halogens is 1. The maximum absolute atomic E-state index is 12.9. The van der Waals surface area contributed by atoms with Crippen molar-refractivity contribution in [3.05, 3.63) is 101 Å². The number of para-hydroxylation sites is 1. The van der Waals surface area contributed by atoms with Crippen LogP contribution in [0.15, 0.2) is 83.2 Å². The summed E-state index contributed by atoms with van der Waals surface area (Å²) in [6, 6.07) is 22.1. The number of hydrogen-bond acceptors (Lipinski definition) is 7. The van der Waals surface area contributed by atoms with Gasteiger partial charge in [-0.3, -0.25) is 19.6 Å². The van der Waals surface area contributed by atoms with Crippen LogP contribution in [0, 0.1) is 0 Å². The van der Waals surface area contributed by atoms with Gasteiger partial charge in [0.25, 0.3) is 26.2 Å². The van der Waals surface area contributed by atoms with E-state index in [-0.39, 0.29) is 20.7 Å². The van der Waals surface area contributed by atoms with Crippen molar-refractivity contribution < 1.29 is 18.0 Å². The predicted molar refractivity (Wildman–Crippen MR) is 139 cm³/mol. The Bertz CT molecular complexity index is 1480. The molecule has 2 amide bonds. The zero-order chi connectivity index (χ0) is 25.5. The molecule has 3 N–H and O–H groups in total. The van der Waals surface area contributed by atoms with Crippen molar-refractivity contribution in [3.63, 3.8) is 0 Å². The summed E-state index contributed by atoms with van der Waals surface area (Å²) in [6.45, 7) is 0.386. The van der Waals surface area contributed by atoms with Crippen LogP contribution in [-0.4, -0.2) is 37.0 Å². The van der Waals surface area contributed by atoms with Gasteiger partial charge in [-0.15, -0.1) is 10.2 Å². The molecule has 4 aromatic rings. The summed E-state index contributed by atoms with van der Waals surface area (Å²) >= 11 is 6.51. The van der Waals surface area contributed by atoms with Crippen molar-refractivity contribution in [1.82, 2.24) is 15.5 Å². The zero-order valence-electron chi connectivity index (χ0n) is 18.6. The molecule has 4 rings (SSSR count). The summed E-state index contributed by atoms with van der Waals surface area (Å²) in [4.78, 5) is 25.1. The van der Waals surface area contributed by atoms with Gasteiger partial charge in [-0.2, -0.15) is 8.42 Å². The minimum Gasteiger partial charge on any atom is -0.352 e. The summed E-state index contributed by atoms with van der Waals surface area (Å²) in [5, 5.41) is 13.2. The summed E-state index contributed by atoms with van der Waals surface area (Å²) in [6.07, 6.45) is 0.635. The van der Waals surface area contributed by atoms with E-state index in [1.165, 1.54) is 24.3 Å². The summed E-state index contributed by atoms with van der Waals surface area (Å²) in [5.41, 5.74) is 1.65. The first-order valence-corrected chi connectivity index (χ1v) is 13.3. The van der Waals surface area contributed by atoms with Crippen molar-refractivity contribution >= 4 is 55.6 Å². The lowest BCUT2D eigenvalue weighted by Gasteiger charge is -2.11. The summed E-state index contributed by atoms with van der Waals surface area (Å²) < 4.78 is 27.9. The molecule has 0 spiro atoms. The second-order valence-corrected chi connectivity index (χ2v) is 10.7. The molecule has 0 aliphatic rings. The van der Waals surface area contributed by atoms with Crippen LogP contribution in [0.3, 0.4) is 0 Å². The van der Waals surface area contributed by atoms with Gasteiger partial charge in [-0.25, -0.2) is 0 Å². The van der Waals surface area contributed by atoms with Crippen LogP contribution >= 0.6 is 22.9 Å². The van der Waals surface area contributed by atoms with E-state index in [0.717, 1.165) is 5.56 Å². The molecule has 0 radical (unpaired) electrons. The van der Waals surface area contributed by atoms with Crippen LogP contribution in [0.25, 0.3) is 0 Å². The van der Waals surface area contributed by atoms with Crippen molar-refractivity contribution in [2.24, 2.45) is 0 Å². The van der Waals surface area contributed by atoms with Crippen LogP contribution in [0.1, 0.15) is 26.3 Å². The van der Waals surface area contributed by atoms with E-state index in [0.29, 0.717) is 34.9 Å². The normalized spacial score (nSPS) is 11.0. The maximum Gasteiger partial charge on any atom is 0.291 e. The third-order valence-electron chi connectivity index (χ3n) is 4.92. The SMILES string of the molecule is O=C(Nc1nnc(S(=O)(=O)Nc2ccccc2C(=O)NCCc2ccccc2)s1)c1ccc(Cl)cc1. The second-order valence-electron chi connectivity index (χ2n) is 7.48. The van der Waals surface area contributed by atoms with E-state index in [2.05, 4.69) is 25.6 Å². The van der Waals surface area contributed by atoms with Crippen molar-refractivity contribution in [2.75, 3.05) is 16.6 Å². The monoisotopic (exact) mass is 541 g/mol. The van der Waals surface area contributed by atoms with Crippen molar-refractivity contribution in [3.8, 4) is 0 Å². The molecule has 9 nitrogen and oxygen atoms in total. The van der Waals surface area contributed by atoms with E-state index in [1.54, 1.807) is 24.3 Å². The fourth-order valence-corrected chi connectivity index (χ4v) is 5.26. The average molecular weight is 542 g/mol. The number of aromatic nitrogens is 2. The van der Waals surface area contributed by atoms with Gasteiger partial charge in [-0.05, 0) is 48.4 Å². The highest BCUT2D eigenvalue weighted by Gasteiger charge is 2.23. The largest absolute Gasteiger partial charge is 0.352 e. The summed E-state index contributed by atoms with van der Waals surface area (Å²) in [5.74, 6) is -0.908. The average Bonchev–Trinajstić information content (AvgIpc) is 3.35. The highest BCUT2D eigenvalue weighted by atomic mass is 35.5. The van der Waals surface area contributed by atoms with Crippen LogP contribution in [0.2, 0.25) is 5.02 Å². The molecule has 0 saturated heterocycles. The number of sulfonamides is 1. The molecule has 12 heteroatoms.